The first-order valence-corrected chi connectivity index (χ1v) is 10.8. The quantitative estimate of drug-likeness (QED) is 0.184. The second-order valence-corrected chi connectivity index (χ2v) is 8.38. The minimum Gasteiger partial charge on any atom is -0.357 e. The summed E-state index contributed by atoms with van der Waals surface area (Å²) in [4.78, 5) is 21.4. The predicted octanol–water partition coefficient (Wildman–Crippen LogP) is 3.32. The molecule has 0 bridgehead atoms. The van der Waals surface area contributed by atoms with E-state index in [2.05, 4.69) is 36.6 Å². The van der Waals surface area contributed by atoms with E-state index in [4.69, 9.17) is 4.99 Å². The van der Waals surface area contributed by atoms with Gasteiger partial charge in [-0.2, -0.15) is 0 Å². The summed E-state index contributed by atoms with van der Waals surface area (Å²) >= 11 is 0. The Bertz CT molecular complexity index is 448. The van der Waals surface area contributed by atoms with E-state index >= 15 is 0 Å². The number of aliphatic imine (C=N–C) groups is 1. The summed E-state index contributed by atoms with van der Waals surface area (Å²) in [5, 5.41) is 6.77. The number of nitrogens with zero attached hydrogens (tertiary/aromatic N) is 3. The molecule has 0 atom stereocenters. The Hall–Kier alpha value is -0.570. The maximum atomic E-state index is 12.7. The van der Waals surface area contributed by atoms with Gasteiger partial charge in [-0.25, -0.2) is 0 Å². The largest absolute Gasteiger partial charge is 0.357 e. The van der Waals surface area contributed by atoms with Crippen molar-refractivity contribution in [3.8, 4) is 0 Å². The minimum atomic E-state index is -0.293. The van der Waals surface area contributed by atoms with Crippen LogP contribution in [0.4, 0.5) is 0 Å². The van der Waals surface area contributed by atoms with Crippen LogP contribution in [0, 0.1) is 5.41 Å². The molecule has 0 saturated heterocycles. The highest BCUT2D eigenvalue weighted by Gasteiger charge is 2.41. The van der Waals surface area contributed by atoms with Crippen LogP contribution in [-0.4, -0.2) is 76.0 Å². The topological polar surface area (TPSA) is 60.0 Å². The summed E-state index contributed by atoms with van der Waals surface area (Å²) in [6, 6.07) is 0. The number of unbranched alkanes of at least 4 members (excludes halogenated alkanes) is 4. The summed E-state index contributed by atoms with van der Waals surface area (Å²) in [5.41, 5.74) is -0.293. The number of carbonyl (C=O) groups excluding carboxylic acids is 1. The first kappa shape index (κ1) is 27.4. The predicted molar refractivity (Wildman–Crippen MR) is 131 cm³/mol. The summed E-state index contributed by atoms with van der Waals surface area (Å²) in [7, 11) is 7.98. The van der Waals surface area contributed by atoms with Gasteiger partial charge in [0.05, 0.1) is 12.0 Å². The molecule has 1 aliphatic rings. The number of nitrogens with one attached hydrogen (secondary N) is 2. The maximum Gasteiger partial charge on any atom is 0.230 e. The molecule has 1 rings (SSSR count). The van der Waals surface area contributed by atoms with Crippen LogP contribution in [-0.2, 0) is 4.79 Å². The minimum absolute atomic E-state index is 0. The number of halogens is 1. The fraction of sp³-hybridized carbons (Fsp3) is 0.905. The molecule has 0 unspecified atom stereocenters. The molecule has 6 nitrogen and oxygen atoms in total. The number of hydrogen-bond donors (Lipinski definition) is 2. The Balaban J connectivity index is 0.00000729. The van der Waals surface area contributed by atoms with Gasteiger partial charge in [0.25, 0.3) is 0 Å². The van der Waals surface area contributed by atoms with Gasteiger partial charge in [-0.3, -0.25) is 9.79 Å². The van der Waals surface area contributed by atoms with Crippen molar-refractivity contribution in [2.24, 2.45) is 10.4 Å². The zero-order chi connectivity index (χ0) is 20.1. The monoisotopic (exact) mass is 509 g/mol. The van der Waals surface area contributed by atoms with Crippen molar-refractivity contribution in [1.29, 1.82) is 0 Å². The van der Waals surface area contributed by atoms with E-state index in [9.17, 15) is 4.79 Å². The highest BCUT2D eigenvalue weighted by Crippen LogP contribution is 2.39. The molecule has 0 aliphatic heterocycles. The third-order valence-corrected chi connectivity index (χ3v) is 5.38. The Kier molecular flexibility index (Phi) is 15.0. The summed E-state index contributed by atoms with van der Waals surface area (Å²) in [5.74, 6) is 1.08. The third-order valence-electron chi connectivity index (χ3n) is 5.38. The van der Waals surface area contributed by atoms with Crippen molar-refractivity contribution in [3.05, 3.63) is 0 Å². The van der Waals surface area contributed by atoms with Crippen molar-refractivity contribution in [3.63, 3.8) is 0 Å². The van der Waals surface area contributed by atoms with E-state index in [1.807, 2.05) is 14.1 Å². The Morgan fingerprint density at radius 2 is 1.57 bits per heavy atom. The number of hydrogen-bond acceptors (Lipinski definition) is 3. The Morgan fingerprint density at radius 3 is 2.14 bits per heavy atom. The first-order valence-electron chi connectivity index (χ1n) is 10.8. The summed E-state index contributed by atoms with van der Waals surface area (Å²) < 4.78 is 0. The highest BCUT2D eigenvalue weighted by molar-refractivity contribution is 14.0. The lowest BCUT2D eigenvalue weighted by Crippen LogP contribution is -2.43. The SMILES string of the molecule is CCNC(=NCC1(C(=O)N(C)C)CCCC1)NCCCCCCCN(C)C.I. The van der Waals surface area contributed by atoms with Crippen LogP contribution in [0.15, 0.2) is 4.99 Å². The van der Waals surface area contributed by atoms with Crippen LogP contribution < -0.4 is 10.6 Å². The van der Waals surface area contributed by atoms with Crippen LogP contribution in [0.3, 0.4) is 0 Å². The van der Waals surface area contributed by atoms with Gasteiger partial charge >= 0.3 is 0 Å². The van der Waals surface area contributed by atoms with Gasteiger partial charge in [0, 0.05) is 27.2 Å². The highest BCUT2D eigenvalue weighted by atomic mass is 127. The lowest BCUT2D eigenvalue weighted by molar-refractivity contribution is -0.138. The van der Waals surface area contributed by atoms with Crippen molar-refractivity contribution in [1.82, 2.24) is 20.4 Å². The molecule has 0 radical (unpaired) electrons. The average Bonchev–Trinajstić information content (AvgIpc) is 3.10. The fourth-order valence-corrected chi connectivity index (χ4v) is 3.83. The molecule has 0 aromatic carbocycles. The maximum absolute atomic E-state index is 12.7. The molecule has 1 fully saturated rings. The smallest absolute Gasteiger partial charge is 0.230 e. The normalized spacial score (nSPS) is 16.0. The van der Waals surface area contributed by atoms with E-state index in [1.54, 1.807) is 4.90 Å². The average molecular weight is 510 g/mol. The molecule has 0 heterocycles. The van der Waals surface area contributed by atoms with Gasteiger partial charge in [0.1, 0.15) is 0 Å². The summed E-state index contributed by atoms with van der Waals surface area (Å²) in [6.07, 6.45) is 10.5. The van der Waals surface area contributed by atoms with Crippen LogP contribution >= 0.6 is 24.0 Å². The fourth-order valence-electron chi connectivity index (χ4n) is 3.83. The molecular weight excluding hydrogens is 465 g/mol. The van der Waals surface area contributed by atoms with E-state index in [-0.39, 0.29) is 35.3 Å². The van der Waals surface area contributed by atoms with Crippen molar-refractivity contribution < 1.29 is 4.79 Å². The zero-order valence-electron chi connectivity index (χ0n) is 18.9. The molecule has 1 aliphatic carbocycles. The van der Waals surface area contributed by atoms with Gasteiger partial charge in [-0.1, -0.05) is 32.1 Å². The molecule has 1 saturated carbocycles. The van der Waals surface area contributed by atoms with Crippen molar-refractivity contribution in [2.45, 2.75) is 64.7 Å². The van der Waals surface area contributed by atoms with Crippen LogP contribution in [0.1, 0.15) is 64.7 Å². The van der Waals surface area contributed by atoms with Gasteiger partial charge in [0.2, 0.25) is 5.91 Å². The lowest BCUT2D eigenvalue weighted by atomic mass is 9.85. The van der Waals surface area contributed by atoms with Crippen LogP contribution in [0.5, 0.6) is 0 Å². The van der Waals surface area contributed by atoms with Gasteiger partial charge < -0.3 is 20.4 Å². The molecule has 2 N–H and O–H groups in total. The second kappa shape index (κ2) is 15.3. The van der Waals surface area contributed by atoms with E-state index < -0.39 is 0 Å². The Labute approximate surface area is 190 Å². The molecule has 0 spiro atoms. The van der Waals surface area contributed by atoms with Gasteiger partial charge in [-0.15, -0.1) is 24.0 Å². The lowest BCUT2D eigenvalue weighted by Gasteiger charge is -2.29. The van der Waals surface area contributed by atoms with Crippen LogP contribution in [0.25, 0.3) is 0 Å². The number of rotatable bonds is 12. The molecule has 7 heteroatoms. The number of carbonyl (C=O) groups is 1. The van der Waals surface area contributed by atoms with Crippen molar-refractivity contribution in [2.75, 3.05) is 54.4 Å². The second-order valence-electron chi connectivity index (χ2n) is 8.38. The zero-order valence-corrected chi connectivity index (χ0v) is 21.2. The van der Waals surface area contributed by atoms with Crippen molar-refractivity contribution >= 4 is 35.8 Å². The molecule has 0 aromatic rings. The third kappa shape index (κ3) is 10.3. The molecular formula is C21H44IN5O. The van der Waals surface area contributed by atoms with E-state index in [1.165, 1.54) is 32.2 Å². The first-order chi connectivity index (χ1) is 12.9. The van der Waals surface area contributed by atoms with E-state index in [0.29, 0.717) is 6.54 Å². The number of amides is 1. The van der Waals surface area contributed by atoms with Gasteiger partial charge in [-0.05, 0) is 53.2 Å². The number of guanidine groups is 1. The Morgan fingerprint density at radius 1 is 0.964 bits per heavy atom. The summed E-state index contributed by atoms with van der Waals surface area (Å²) in [6.45, 7) is 5.63. The molecule has 1 amide bonds. The molecule has 0 aromatic heterocycles. The van der Waals surface area contributed by atoms with Crippen LogP contribution in [0.2, 0.25) is 0 Å². The molecule has 166 valence electrons. The van der Waals surface area contributed by atoms with Gasteiger partial charge in [0.15, 0.2) is 5.96 Å². The standard InChI is InChI=1S/C21H43N5O.HI/c1-6-22-20(23-16-12-8-7-9-13-17-25(2)3)24-18-21(14-10-11-15-21)19(27)26(4)5;/h6-18H2,1-5H3,(H2,22,23,24);1H. The van der Waals surface area contributed by atoms with E-state index in [0.717, 1.165) is 51.2 Å². The molecule has 28 heavy (non-hydrogen) atoms.